The van der Waals surface area contributed by atoms with E-state index in [1.807, 2.05) is 19.2 Å². The first kappa shape index (κ1) is 16.6. The standard InChI is InChI=1S/C17H27N3O3/c1-11-4-3-6-18-17(11)19-7-5-13(8-19)9-20-10-14(21)16(23)15(22)12(20)2/h3-4,6,12-16,21-23H,5,7-10H2,1-2H3/t12-,13+,14+,15-,16-/m1/s1. The number of hydrogen-bond donors (Lipinski definition) is 3. The third-order valence-corrected chi connectivity index (χ3v) is 5.30. The van der Waals surface area contributed by atoms with Gasteiger partial charge in [0.2, 0.25) is 0 Å². The predicted octanol–water partition coefficient (Wildman–Crippen LogP) is 0.00312. The molecule has 1 aromatic heterocycles. The lowest BCUT2D eigenvalue weighted by atomic mass is 9.93. The highest BCUT2D eigenvalue weighted by molar-refractivity contribution is 5.46. The van der Waals surface area contributed by atoms with Crippen molar-refractivity contribution in [3.8, 4) is 0 Å². The molecule has 0 bridgehead atoms. The van der Waals surface area contributed by atoms with Crippen LogP contribution in [0, 0.1) is 12.8 Å². The normalized spacial score (nSPS) is 35.7. The average molecular weight is 321 g/mol. The fraction of sp³-hybridized carbons (Fsp3) is 0.706. The molecule has 0 aromatic carbocycles. The molecular weight excluding hydrogens is 294 g/mol. The Kier molecular flexibility index (Phi) is 4.87. The lowest BCUT2D eigenvalue weighted by Crippen LogP contribution is -2.60. The van der Waals surface area contributed by atoms with Crippen LogP contribution in [0.5, 0.6) is 0 Å². The van der Waals surface area contributed by atoms with Gasteiger partial charge in [-0.3, -0.25) is 4.90 Å². The maximum atomic E-state index is 10.1. The number of aryl methyl sites for hydroxylation is 1. The highest BCUT2D eigenvalue weighted by Crippen LogP contribution is 2.27. The lowest BCUT2D eigenvalue weighted by Gasteiger charge is -2.43. The number of nitrogens with zero attached hydrogens (tertiary/aromatic N) is 3. The Morgan fingerprint density at radius 3 is 2.74 bits per heavy atom. The zero-order chi connectivity index (χ0) is 16.6. The van der Waals surface area contributed by atoms with Crippen molar-refractivity contribution in [3.05, 3.63) is 23.9 Å². The van der Waals surface area contributed by atoms with E-state index < -0.39 is 18.3 Å². The molecule has 2 fully saturated rings. The Balaban J connectivity index is 1.61. The van der Waals surface area contributed by atoms with Gasteiger partial charge < -0.3 is 20.2 Å². The van der Waals surface area contributed by atoms with Crippen LogP contribution in [0.25, 0.3) is 0 Å². The molecule has 0 aliphatic carbocycles. The number of piperidine rings is 1. The summed E-state index contributed by atoms with van der Waals surface area (Å²) in [6.45, 7) is 7.16. The summed E-state index contributed by atoms with van der Waals surface area (Å²) in [6, 6.07) is 3.89. The Morgan fingerprint density at radius 2 is 2.00 bits per heavy atom. The van der Waals surface area contributed by atoms with E-state index in [9.17, 15) is 15.3 Å². The van der Waals surface area contributed by atoms with E-state index >= 15 is 0 Å². The highest BCUT2D eigenvalue weighted by atomic mass is 16.4. The van der Waals surface area contributed by atoms with E-state index in [-0.39, 0.29) is 6.04 Å². The van der Waals surface area contributed by atoms with E-state index in [1.165, 1.54) is 5.56 Å². The molecule has 3 heterocycles. The minimum atomic E-state index is -1.04. The second-order valence-electron chi connectivity index (χ2n) is 6.99. The molecule has 128 valence electrons. The van der Waals surface area contributed by atoms with Gasteiger partial charge in [-0.1, -0.05) is 6.07 Å². The second kappa shape index (κ2) is 6.73. The van der Waals surface area contributed by atoms with Gasteiger partial charge in [-0.2, -0.15) is 0 Å². The number of aliphatic hydroxyl groups is 3. The molecule has 3 N–H and O–H groups in total. The van der Waals surface area contributed by atoms with Gasteiger partial charge in [-0.15, -0.1) is 0 Å². The predicted molar refractivity (Wildman–Crippen MR) is 88.3 cm³/mol. The molecule has 23 heavy (non-hydrogen) atoms. The zero-order valence-electron chi connectivity index (χ0n) is 13.8. The quantitative estimate of drug-likeness (QED) is 0.727. The van der Waals surface area contributed by atoms with Gasteiger partial charge >= 0.3 is 0 Å². The van der Waals surface area contributed by atoms with Gasteiger partial charge in [0.15, 0.2) is 0 Å². The third kappa shape index (κ3) is 3.35. The molecule has 6 heteroatoms. The number of likely N-dealkylation sites (tertiary alicyclic amines) is 1. The van der Waals surface area contributed by atoms with Crippen LogP contribution in [0.1, 0.15) is 18.9 Å². The molecule has 0 saturated carbocycles. The summed E-state index contributed by atoms with van der Waals surface area (Å²) in [5.74, 6) is 1.53. The summed E-state index contributed by atoms with van der Waals surface area (Å²) in [5.41, 5.74) is 1.19. The monoisotopic (exact) mass is 321 g/mol. The largest absolute Gasteiger partial charge is 0.389 e. The molecule has 2 aliphatic rings. The van der Waals surface area contributed by atoms with Crippen LogP contribution in [0.2, 0.25) is 0 Å². The van der Waals surface area contributed by atoms with E-state index in [0.29, 0.717) is 12.5 Å². The maximum Gasteiger partial charge on any atom is 0.131 e. The number of aromatic nitrogens is 1. The molecule has 0 amide bonds. The van der Waals surface area contributed by atoms with E-state index in [1.54, 1.807) is 0 Å². The van der Waals surface area contributed by atoms with Crippen molar-refractivity contribution >= 4 is 5.82 Å². The minimum Gasteiger partial charge on any atom is -0.389 e. The van der Waals surface area contributed by atoms with Gasteiger partial charge in [0, 0.05) is 38.4 Å². The summed E-state index contributed by atoms with van der Waals surface area (Å²) in [6.07, 6.45) is 0.0910. The molecular formula is C17H27N3O3. The van der Waals surface area contributed by atoms with Crippen LogP contribution in [-0.2, 0) is 0 Å². The van der Waals surface area contributed by atoms with Gasteiger partial charge in [0.25, 0.3) is 0 Å². The van der Waals surface area contributed by atoms with E-state index in [2.05, 4.69) is 27.8 Å². The number of hydrogen-bond acceptors (Lipinski definition) is 6. The minimum absolute atomic E-state index is 0.140. The molecule has 2 aliphatic heterocycles. The van der Waals surface area contributed by atoms with Crippen LogP contribution >= 0.6 is 0 Å². The number of anilines is 1. The maximum absolute atomic E-state index is 10.1. The first-order chi connectivity index (χ1) is 11.0. The first-order valence-electron chi connectivity index (χ1n) is 8.42. The number of rotatable bonds is 3. The number of pyridine rings is 1. The van der Waals surface area contributed by atoms with E-state index in [0.717, 1.165) is 31.9 Å². The van der Waals surface area contributed by atoms with Gasteiger partial charge in [-0.05, 0) is 37.8 Å². The zero-order valence-corrected chi connectivity index (χ0v) is 13.8. The van der Waals surface area contributed by atoms with Crippen molar-refractivity contribution < 1.29 is 15.3 Å². The lowest BCUT2D eigenvalue weighted by molar-refractivity contribution is -0.134. The van der Waals surface area contributed by atoms with Gasteiger partial charge in [0.1, 0.15) is 11.9 Å². The van der Waals surface area contributed by atoms with Crippen LogP contribution in [-0.4, -0.2) is 75.7 Å². The second-order valence-corrected chi connectivity index (χ2v) is 6.99. The molecule has 0 unspecified atom stereocenters. The van der Waals surface area contributed by atoms with Crippen molar-refractivity contribution in [3.63, 3.8) is 0 Å². The Bertz CT molecular complexity index is 542. The topological polar surface area (TPSA) is 80.1 Å². The fourth-order valence-electron chi connectivity index (χ4n) is 3.80. The summed E-state index contributed by atoms with van der Waals surface area (Å²) in [4.78, 5) is 8.90. The number of β-amino-alcohol motifs (C(OH)–C–C–N with tert-alkyl or cyclic N) is 1. The average Bonchev–Trinajstić information content (AvgIpc) is 2.99. The van der Waals surface area contributed by atoms with Crippen molar-refractivity contribution in [2.75, 3.05) is 31.1 Å². The Hall–Kier alpha value is -1.21. The van der Waals surface area contributed by atoms with Crippen molar-refractivity contribution in [2.24, 2.45) is 5.92 Å². The SMILES string of the molecule is Cc1cccnc1N1CC[C@H](CN2C[C@H](O)[C@@H](O)[C@H](O)[C@H]2C)C1. The molecule has 6 nitrogen and oxygen atoms in total. The Morgan fingerprint density at radius 1 is 1.22 bits per heavy atom. The van der Waals surface area contributed by atoms with Crippen LogP contribution in [0.4, 0.5) is 5.82 Å². The van der Waals surface area contributed by atoms with Crippen LogP contribution < -0.4 is 4.90 Å². The third-order valence-electron chi connectivity index (χ3n) is 5.30. The molecule has 3 rings (SSSR count). The van der Waals surface area contributed by atoms with Crippen molar-refractivity contribution in [1.82, 2.24) is 9.88 Å². The number of aliphatic hydroxyl groups excluding tert-OH is 3. The van der Waals surface area contributed by atoms with Gasteiger partial charge in [0.05, 0.1) is 12.2 Å². The van der Waals surface area contributed by atoms with Gasteiger partial charge in [-0.25, -0.2) is 4.98 Å². The van der Waals surface area contributed by atoms with Crippen LogP contribution in [0.15, 0.2) is 18.3 Å². The van der Waals surface area contributed by atoms with Crippen molar-refractivity contribution in [1.29, 1.82) is 0 Å². The summed E-state index contributed by atoms with van der Waals surface area (Å²) in [5, 5.41) is 29.7. The molecule has 5 atom stereocenters. The highest BCUT2D eigenvalue weighted by Gasteiger charge is 2.40. The van der Waals surface area contributed by atoms with E-state index in [4.69, 9.17) is 0 Å². The van der Waals surface area contributed by atoms with Crippen LogP contribution in [0.3, 0.4) is 0 Å². The summed E-state index contributed by atoms with van der Waals surface area (Å²) < 4.78 is 0. The molecule has 0 radical (unpaired) electrons. The molecule has 0 spiro atoms. The summed E-state index contributed by atoms with van der Waals surface area (Å²) >= 11 is 0. The summed E-state index contributed by atoms with van der Waals surface area (Å²) in [7, 11) is 0. The molecule has 1 aromatic rings. The first-order valence-corrected chi connectivity index (χ1v) is 8.42. The van der Waals surface area contributed by atoms with Crippen molar-refractivity contribution in [2.45, 2.75) is 44.6 Å². The smallest absolute Gasteiger partial charge is 0.131 e. The molecule has 2 saturated heterocycles. The fourth-order valence-corrected chi connectivity index (χ4v) is 3.80. The Labute approximate surface area is 137 Å².